The number of aliphatic hydroxyl groups is 1. The van der Waals surface area contributed by atoms with Crippen LogP contribution in [0.1, 0.15) is 79.2 Å². The van der Waals surface area contributed by atoms with E-state index < -0.39 is 41.3 Å². The molecule has 3 N–H and O–H groups in total. The van der Waals surface area contributed by atoms with Crippen molar-refractivity contribution in [2.75, 3.05) is 19.7 Å². The van der Waals surface area contributed by atoms with E-state index in [9.17, 15) is 24.3 Å². The fraction of sp³-hybridized carbons (Fsp3) is 0.677. The van der Waals surface area contributed by atoms with Gasteiger partial charge in [0.25, 0.3) is 0 Å². The molecule has 11 nitrogen and oxygen atoms in total. The fourth-order valence-corrected chi connectivity index (χ4v) is 5.96. The number of hydrogen-bond acceptors (Lipinski definition) is 8. The maximum absolute atomic E-state index is 14.2. The molecule has 1 aromatic carbocycles. The number of esters is 1. The Labute approximate surface area is 269 Å². The molecule has 4 atom stereocenters. The van der Waals surface area contributed by atoms with Gasteiger partial charge in [0, 0.05) is 44.7 Å². The number of halogens is 2. The molecule has 1 aromatic rings. The van der Waals surface area contributed by atoms with Crippen LogP contribution >= 0.6 is 23.2 Å². The van der Waals surface area contributed by atoms with Crippen LogP contribution in [0.15, 0.2) is 18.2 Å². The molecule has 0 radical (unpaired) electrons. The van der Waals surface area contributed by atoms with Gasteiger partial charge >= 0.3 is 12.1 Å². The van der Waals surface area contributed by atoms with Crippen molar-refractivity contribution in [2.45, 2.75) is 116 Å². The average molecular weight is 658 g/mol. The van der Waals surface area contributed by atoms with E-state index in [0.717, 1.165) is 5.56 Å². The number of aliphatic hydroxyl groups excluding tert-OH is 1. The number of nitrogens with zero attached hydrogens (tertiary/aromatic N) is 2. The molecule has 3 rings (SSSR count). The van der Waals surface area contributed by atoms with Gasteiger partial charge in [-0.3, -0.25) is 19.3 Å². The highest BCUT2D eigenvalue weighted by Crippen LogP contribution is 2.31. The van der Waals surface area contributed by atoms with E-state index in [1.807, 2.05) is 4.90 Å². The zero-order valence-electron chi connectivity index (χ0n) is 26.5. The second-order valence-electron chi connectivity index (χ2n) is 13.4. The molecule has 2 heterocycles. The maximum atomic E-state index is 14.2. The van der Waals surface area contributed by atoms with E-state index in [2.05, 4.69) is 10.6 Å². The SMILES string of the molecule is CC(C)(C)OC(=O)CC[C@H](C(=O)NCc1ccc(Cl)c(Cl)c1)N1CCC(CCO)N2C[C@H](NC(=O)OC(C)(C)C)C[C@H]2C1=O. The summed E-state index contributed by atoms with van der Waals surface area (Å²) in [5.74, 6) is -1.15. The molecule has 0 aromatic heterocycles. The summed E-state index contributed by atoms with van der Waals surface area (Å²) in [6, 6.07) is 2.96. The second-order valence-corrected chi connectivity index (χ2v) is 14.2. The van der Waals surface area contributed by atoms with E-state index in [4.69, 9.17) is 32.7 Å². The molecule has 2 saturated heterocycles. The molecular weight excluding hydrogens is 611 g/mol. The summed E-state index contributed by atoms with van der Waals surface area (Å²) in [6.45, 7) is 11.4. The fourth-order valence-electron chi connectivity index (χ4n) is 5.64. The van der Waals surface area contributed by atoms with Gasteiger partial charge in [-0.2, -0.15) is 0 Å². The molecule has 0 saturated carbocycles. The van der Waals surface area contributed by atoms with Crippen LogP contribution in [0.5, 0.6) is 0 Å². The largest absolute Gasteiger partial charge is 0.460 e. The summed E-state index contributed by atoms with van der Waals surface area (Å²) in [5.41, 5.74) is -0.647. The van der Waals surface area contributed by atoms with Crippen molar-refractivity contribution in [3.63, 3.8) is 0 Å². The summed E-state index contributed by atoms with van der Waals surface area (Å²) < 4.78 is 10.9. The Kier molecular flexibility index (Phi) is 12.3. The molecule has 2 aliphatic heterocycles. The molecule has 13 heteroatoms. The van der Waals surface area contributed by atoms with E-state index in [-0.39, 0.29) is 50.5 Å². The number of carbonyl (C=O) groups excluding carboxylic acids is 4. The van der Waals surface area contributed by atoms with Gasteiger partial charge in [0.15, 0.2) is 0 Å². The predicted molar refractivity (Wildman–Crippen MR) is 167 cm³/mol. The number of benzene rings is 1. The number of amides is 3. The van der Waals surface area contributed by atoms with Gasteiger partial charge in [-0.05, 0) is 84.9 Å². The molecule has 3 amide bonds. The van der Waals surface area contributed by atoms with Gasteiger partial charge in [0.05, 0.1) is 16.1 Å². The van der Waals surface area contributed by atoms with Crippen molar-refractivity contribution in [3.8, 4) is 0 Å². The van der Waals surface area contributed by atoms with Gasteiger partial charge in [-0.25, -0.2) is 4.79 Å². The molecule has 1 unspecified atom stereocenters. The van der Waals surface area contributed by atoms with Crippen molar-refractivity contribution in [2.24, 2.45) is 0 Å². The van der Waals surface area contributed by atoms with Gasteiger partial charge in [-0.15, -0.1) is 0 Å². The van der Waals surface area contributed by atoms with Crippen LogP contribution in [0.25, 0.3) is 0 Å². The topological polar surface area (TPSA) is 138 Å². The van der Waals surface area contributed by atoms with Crippen molar-refractivity contribution >= 4 is 47.1 Å². The molecule has 2 fully saturated rings. The van der Waals surface area contributed by atoms with Crippen molar-refractivity contribution in [1.82, 2.24) is 20.4 Å². The Bertz CT molecular complexity index is 1200. The molecular formula is C31H46Cl2N4O7. The van der Waals surface area contributed by atoms with Crippen LogP contribution in [0.2, 0.25) is 10.0 Å². The highest BCUT2D eigenvalue weighted by molar-refractivity contribution is 6.42. The van der Waals surface area contributed by atoms with Crippen molar-refractivity contribution in [3.05, 3.63) is 33.8 Å². The number of carbonyl (C=O) groups is 4. The normalized spacial score (nSPS) is 21.7. The third-order valence-electron chi connectivity index (χ3n) is 7.43. The minimum atomic E-state index is -0.953. The van der Waals surface area contributed by atoms with Gasteiger partial charge in [0.1, 0.15) is 17.2 Å². The molecule has 44 heavy (non-hydrogen) atoms. The first-order valence-electron chi connectivity index (χ1n) is 15.1. The van der Waals surface area contributed by atoms with Crippen LogP contribution in [0.4, 0.5) is 4.79 Å². The summed E-state index contributed by atoms with van der Waals surface area (Å²) in [5, 5.41) is 16.3. The first-order valence-corrected chi connectivity index (χ1v) is 15.8. The minimum Gasteiger partial charge on any atom is -0.460 e. The predicted octanol–water partition coefficient (Wildman–Crippen LogP) is 4.05. The van der Waals surface area contributed by atoms with Gasteiger partial charge < -0.3 is 30.1 Å². The summed E-state index contributed by atoms with van der Waals surface area (Å²) in [4.78, 5) is 56.6. The highest BCUT2D eigenvalue weighted by Gasteiger charge is 2.47. The average Bonchev–Trinajstić information content (AvgIpc) is 3.26. The standard InChI is InChI=1S/C31H46Cl2N4O7/c1-30(2,3)43-26(39)10-9-24(27(40)34-17-19-7-8-22(32)23(33)15-19)36-13-11-21(12-14-38)37-18-20(16-25(37)28(36)41)35-29(42)44-31(4,5)6/h7-8,15,20-21,24-25,38H,9-14,16-18H2,1-6H3,(H,34,40)(H,35,42)/t20-,21?,24-,25+/m1/s1. The Morgan fingerprint density at radius 1 is 1.07 bits per heavy atom. The monoisotopic (exact) mass is 656 g/mol. The molecule has 0 bridgehead atoms. The number of ether oxygens (including phenoxy) is 2. The molecule has 2 aliphatic rings. The number of nitrogens with one attached hydrogen (secondary N) is 2. The maximum Gasteiger partial charge on any atom is 0.407 e. The lowest BCUT2D eigenvalue weighted by Gasteiger charge is -2.32. The lowest BCUT2D eigenvalue weighted by atomic mass is 10.0. The van der Waals surface area contributed by atoms with E-state index >= 15 is 0 Å². The quantitative estimate of drug-likeness (QED) is 0.321. The lowest BCUT2D eigenvalue weighted by Crippen LogP contribution is -2.53. The molecule has 246 valence electrons. The third kappa shape index (κ3) is 10.5. The minimum absolute atomic E-state index is 0.0604. The first-order chi connectivity index (χ1) is 20.5. The third-order valence-corrected chi connectivity index (χ3v) is 8.17. The van der Waals surface area contributed by atoms with Crippen LogP contribution in [0, 0.1) is 0 Å². The Hall–Kier alpha value is -2.60. The van der Waals surface area contributed by atoms with Gasteiger partial charge in [-0.1, -0.05) is 29.3 Å². The number of alkyl carbamates (subject to hydrolysis) is 1. The van der Waals surface area contributed by atoms with Crippen molar-refractivity contribution in [1.29, 1.82) is 0 Å². The number of fused-ring (bicyclic) bond motifs is 1. The number of rotatable bonds is 10. The van der Waals surface area contributed by atoms with Crippen molar-refractivity contribution < 1.29 is 33.8 Å². The summed E-state index contributed by atoms with van der Waals surface area (Å²) >= 11 is 12.2. The van der Waals surface area contributed by atoms with Crippen LogP contribution in [-0.4, -0.2) is 93.8 Å². The van der Waals surface area contributed by atoms with E-state index in [1.165, 1.54) is 0 Å². The smallest absolute Gasteiger partial charge is 0.407 e. The first kappa shape index (κ1) is 35.9. The van der Waals surface area contributed by atoms with E-state index in [1.54, 1.807) is 64.6 Å². The zero-order chi connectivity index (χ0) is 32.8. The van der Waals surface area contributed by atoms with Gasteiger partial charge in [0.2, 0.25) is 11.8 Å². The van der Waals surface area contributed by atoms with Crippen LogP contribution < -0.4 is 10.6 Å². The van der Waals surface area contributed by atoms with E-state index in [0.29, 0.717) is 35.9 Å². The summed E-state index contributed by atoms with van der Waals surface area (Å²) in [6.07, 6.45) is 0.683. The Morgan fingerprint density at radius 2 is 1.75 bits per heavy atom. The molecule has 0 aliphatic carbocycles. The number of hydrogen-bond donors (Lipinski definition) is 3. The summed E-state index contributed by atoms with van der Waals surface area (Å²) in [7, 11) is 0. The lowest BCUT2D eigenvalue weighted by molar-refractivity contribution is -0.156. The van der Waals surface area contributed by atoms with Crippen LogP contribution in [0.3, 0.4) is 0 Å². The molecule has 0 spiro atoms. The Balaban J connectivity index is 1.83. The second kappa shape index (κ2) is 15.1. The highest BCUT2D eigenvalue weighted by atomic mass is 35.5. The zero-order valence-corrected chi connectivity index (χ0v) is 28.0. The Morgan fingerprint density at radius 3 is 2.36 bits per heavy atom. The van der Waals surface area contributed by atoms with Crippen LogP contribution in [-0.2, 0) is 30.4 Å².